The minimum absolute atomic E-state index is 0.172. The first-order valence-corrected chi connectivity index (χ1v) is 8.11. The lowest BCUT2D eigenvalue weighted by molar-refractivity contribution is 0.505. The van der Waals surface area contributed by atoms with Crippen molar-refractivity contribution in [2.75, 3.05) is 0 Å². The van der Waals surface area contributed by atoms with Crippen molar-refractivity contribution in [3.63, 3.8) is 0 Å². The zero-order valence-electron chi connectivity index (χ0n) is 14.2. The number of hydrogen-bond acceptors (Lipinski definition) is 3. The van der Waals surface area contributed by atoms with Crippen molar-refractivity contribution >= 4 is 0 Å². The number of rotatable bonds is 6. The molecule has 4 nitrogen and oxygen atoms in total. The normalized spacial score (nSPS) is 12.3. The molecule has 3 aromatic rings. The van der Waals surface area contributed by atoms with E-state index in [0.717, 1.165) is 22.8 Å². The van der Waals surface area contributed by atoms with Crippen LogP contribution in [0.2, 0.25) is 0 Å². The fourth-order valence-electron chi connectivity index (χ4n) is 2.75. The van der Waals surface area contributed by atoms with E-state index in [9.17, 15) is 8.78 Å². The lowest BCUT2D eigenvalue weighted by atomic mass is 9.98. The second-order valence-corrected chi connectivity index (χ2v) is 6.04. The van der Waals surface area contributed by atoms with Gasteiger partial charge in [0.2, 0.25) is 0 Å². The van der Waals surface area contributed by atoms with Crippen LogP contribution in [-0.2, 0) is 20.0 Å². The Kier molecular flexibility index (Phi) is 5.19. The molecular formula is C19H20F2N4. The summed E-state index contributed by atoms with van der Waals surface area (Å²) in [6, 6.07) is 12.7. The van der Waals surface area contributed by atoms with Gasteiger partial charge in [-0.1, -0.05) is 24.3 Å². The summed E-state index contributed by atoms with van der Waals surface area (Å²) in [5.74, 6) is 1.04. The van der Waals surface area contributed by atoms with Gasteiger partial charge in [0.25, 0.3) is 0 Å². The third-order valence-electron chi connectivity index (χ3n) is 4.27. The smallest absolute Gasteiger partial charge is 0.146 e. The Labute approximate surface area is 145 Å². The summed E-state index contributed by atoms with van der Waals surface area (Å²) in [4.78, 5) is 0. The highest BCUT2D eigenvalue weighted by atomic mass is 19.1. The summed E-state index contributed by atoms with van der Waals surface area (Å²) in [6.45, 7) is 2.36. The van der Waals surface area contributed by atoms with E-state index in [4.69, 9.17) is 0 Å². The van der Waals surface area contributed by atoms with Gasteiger partial charge < -0.3 is 9.88 Å². The molecule has 1 aromatic heterocycles. The van der Waals surface area contributed by atoms with E-state index >= 15 is 0 Å². The lowest BCUT2D eigenvalue weighted by Crippen LogP contribution is -2.24. The van der Waals surface area contributed by atoms with Gasteiger partial charge in [-0.15, -0.1) is 10.2 Å². The minimum Gasteiger partial charge on any atom is -0.317 e. The molecule has 6 heteroatoms. The first-order chi connectivity index (χ1) is 12.0. The maximum absolute atomic E-state index is 13.6. The molecule has 1 atom stereocenters. The highest BCUT2D eigenvalue weighted by Gasteiger charge is 2.15. The Morgan fingerprint density at radius 1 is 1.04 bits per heavy atom. The monoisotopic (exact) mass is 342 g/mol. The van der Waals surface area contributed by atoms with Crippen molar-refractivity contribution in [3.05, 3.63) is 82.9 Å². The van der Waals surface area contributed by atoms with Gasteiger partial charge in [-0.2, -0.15) is 0 Å². The van der Waals surface area contributed by atoms with Crippen molar-refractivity contribution < 1.29 is 8.78 Å². The van der Waals surface area contributed by atoms with Gasteiger partial charge in [0.15, 0.2) is 0 Å². The van der Waals surface area contributed by atoms with Crippen LogP contribution in [0.15, 0.2) is 48.5 Å². The average Bonchev–Trinajstić information content (AvgIpc) is 2.90. The first kappa shape index (κ1) is 17.2. The van der Waals surface area contributed by atoms with Crippen molar-refractivity contribution in [1.82, 2.24) is 20.1 Å². The minimum atomic E-state index is -0.293. The van der Waals surface area contributed by atoms with Gasteiger partial charge in [-0.05, 0) is 48.7 Å². The molecule has 25 heavy (non-hydrogen) atoms. The second-order valence-electron chi connectivity index (χ2n) is 6.04. The lowest BCUT2D eigenvalue weighted by Gasteiger charge is -2.19. The van der Waals surface area contributed by atoms with Crippen molar-refractivity contribution in [1.29, 1.82) is 0 Å². The molecule has 0 aliphatic carbocycles. The Hall–Kier alpha value is -2.60. The molecule has 0 bridgehead atoms. The van der Waals surface area contributed by atoms with E-state index in [1.807, 2.05) is 30.7 Å². The Morgan fingerprint density at radius 3 is 2.40 bits per heavy atom. The standard InChI is InChI=1S/C19H20F2N4/c1-13-23-24-19(25(13)2)12-22-18(15-6-4-8-17(21)11-15)10-14-5-3-7-16(20)9-14/h3-9,11,18,22H,10,12H2,1-2H3/t18-/m1/s1. The molecule has 1 heterocycles. The summed E-state index contributed by atoms with van der Waals surface area (Å²) in [7, 11) is 1.90. The van der Waals surface area contributed by atoms with Crippen LogP contribution in [0.4, 0.5) is 8.78 Å². The third-order valence-corrected chi connectivity index (χ3v) is 4.27. The number of halogens is 2. The summed E-state index contributed by atoms with van der Waals surface area (Å²) >= 11 is 0. The molecule has 3 rings (SSSR count). The number of nitrogens with zero attached hydrogens (tertiary/aromatic N) is 3. The largest absolute Gasteiger partial charge is 0.317 e. The van der Waals surface area contributed by atoms with Crippen molar-refractivity contribution in [2.45, 2.75) is 25.9 Å². The van der Waals surface area contributed by atoms with E-state index < -0.39 is 0 Å². The fraction of sp³-hybridized carbons (Fsp3) is 0.263. The molecule has 2 aromatic carbocycles. The van der Waals surface area contributed by atoms with Crippen LogP contribution in [0.1, 0.15) is 28.8 Å². The Bertz CT molecular complexity index is 860. The van der Waals surface area contributed by atoms with Crippen LogP contribution in [-0.4, -0.2) is 14.8 Å². The molecule has 0 saturated carbocycles. The highest BCUT2D eigenvalue weighted by molar-refractivity contribution is 5.25. The SMILES string of the molecule is Cc1nnc(CN[C@H](Cc2cccc(F)c2)c2cccc(F)c2)n1C. The number of nitrogens with one attached hydrogen (secondary N) is 1. The van der Waals surface area contributed by atoms with Crippen LogP contribution in [0.25, 0.3) is 0 Å². The number of hydrogen-bond donors (Lipinski definition) is 1. The highest BCUT2D eigenvalue weighted by Crippen LogP contribution is 2.20. The zero-order valence-corrected chi connectivity index (χ0v) is 14.2. The van der Waals surface area contributed by atoms with Crippen LogP contribution in [0, 0.1) is 18.6 Å². The topological polar surface area (TPSA) is 42.7 Å². The maximum atomic E-state index is 13.6. The van der Waals surface area contributed by atoms with Crippen LogP contribution in [0.3, 0.4) is 0 Å². The molecule has 0 radical (unpaired) electrons. The van der Waals surface area contributed by atoms with Gasteiger partial charge in [0.1, 0.15) is 23.3 Å². The van der Waals surface area contributed by atoms with Gasteiger partial charge >= 0.3 is 0 Å². The van der Waals surface area contributed by atoms with Gasteiger partial charge in [0, 0.05) is 13.1 Å². The van der Waals surface area contributed by atoms with Crippen LogP contribution < -0.4 is 5.32 Å². The van der Waals surface area contributed by atoms with Crippen LogP contribution in [0.5, 0.6) is 0 Å². The quantitative estimate of drug-likeness (QED) is 0.746. The Morgan fingerprint density at radius 2 is 1.76 bits per heavy atom. The predicted octanol–water partition coefficient (Wildman–Crippen LogP) is 3.48. The number of benzene rings is 2. The molecule has 0 unspecified atom stereocenters. The van der Waals surface area contributed by atoms with E-state index in [2.05, 4.69) is 15.5 Å². The summed E-state index contributed by atoms with van der Waals surface area (Å²) in [5, 5.41) is 11.6. The maximum Gasteiger partial charge on any atom is 0.146 e. The third kappa shape index (κ3) is 4.28. The molecule has 130 valence electrons. The summed E-state index contributed by atoms with van der Waals surface area (Å²) < 4.78 is 29.0. The van der Waals surface area contributed by atoms with E-state index in [1.165, 1.54) is 24.3 Å². The molecule has 1 N–H and O–H groups in total. The molecule has 0 spiro atoms. The second kappa shape index (κ2) is 7.53. The predicted molar refractivity (Wildman–Crippen MR) is 91.8 cm³/mol. The molecule has 0 fully saturated rings. The number of aromatic nitrogens is 3. The summed E-state index contributed by atoms with van der Waals surface area (Å²) in [6.07, 6.45) is 0.540. The van der Waals surface area contributed by atoms with Gasteiger partial charge in [0.05, 0.1) is 6.54 Å². The molecular weight excluding hydrogens is 322 g/mol. The first-order valence-electron chi connectivity index (χ1n) is 8.11. The van der Waals surface area contributed by atoms with Crippen LogP contribution >= 0.6 is 0 Å². The van der Waals surface area contributed by atoms with E-state index in [-0.39, 0.29) is 17.7 Å². The van der Waals surface area contributed by atoms with Gasteiger partial charge in [-0.3, -0.25) is 0 Å². The van der Waals surface area contributed by atoms with Crippen molar-refractivity contribution in [2.24, 2.45) is 7.05 Å². The number of aryl methyl sites for hydroxylation is 1. The molecule has 0 aliphatic heterocycles. The zero-order chi connectivity index (χ0) is 17.8. The fourth-order valence-corrected chi connectivity index (χ4v) is 2.75. The van der Waals surface area contributed by atoms with Crippen molar-refractivity contribution in [3.8, 4) is 0 Å². The molecule has 0 aliphatic rings. The van der Waals surface area contributed by atoms with E-state index in [0.29, 0.717) is 13.0 Å². The van der Waals surface area contributed by atoms with E-state index in [1.54, 1.807) is 12.1 Å². The summed E-state index contributed by atoms with van der Waals surface area (Å²) in [5.41, 5.74) is 1.65. The average molecular weight is 342 g/mol. The Balaban J connectivity index is 1.82. The molecule has 0 saturated heterocycles. The van der Waals surface area contributed by atoms with Gasteiger partial charge in [-0.25, -0.2) is 8.78 Å². The molecule has 0 amide bonds.